The number of aryl methyl sites for hydroxylation is 1. The smallest absolute Gasteiger partial charge is 0.261 e. The quantitative estimate of drug-likeness (QED) is 0.556. The van der Waals surface area contributed by atoms with Crippen LogP contribution in [0.3, 0.4) is 0 Å². The van der Waals surface area contributed by atoms with Gasteiger partial charge in [0.2, 0.25) is 0 Å². The standard InChI is InChI=1S/C21H20N2O2S2/c1-4-6-7-16(5-2)17-8-11-19(12-9-17)27(24,25)23-18-10-13-21-20(14-18)22-15(3)26-21/h4-14,23H,2H2,1,3H3/b6-4-,16-7+. The second-order valence-corrected chi connectivity index (χ2v) is 8.81. The Morgan fingerprint density at radius 3 is 2.59 bits per heavy atom. The Morgan fingerprint density at radius 2 is 1.93 bits per heavy atom. The summed E-state index contributed by atoms with van der Waals surface area (Å²) in [6.07, 6.45) is 7.51. The van der Waals surface area contributed by atoms with Crippen molar-refractivity contribution in [2.45, 2.75) is 18.7 Å². The third-order valence-corrected chi connectivity index (χ3v) is 6.28. The van der Waals surface area contributed by atoms with Crippen LogP contribution in [-0.4, -0.2) is 13.4 Å². The van der Waals surface area contributed by atoms with E-state index in [1.165, 1.54) is 0 Å². The summed E-state index contributed by atoms with van der Waals surface area (Å²) in [5, 5.41) is 0.949. The van der Waals surface area contributed by atoms with Gasteiger partial charge in [-0.1, -0.05) is 43.0 Å². The summed E-state index contributed by atoms with van der Waals surface area (Å²) in [7, 11) is -3.67. The molecule has 1 heterocycles. The van der Waals surface area contributed by atoms with Crippen LogP contribution < -0.4 is 4.72 Å². The second-order valence-electron chi connectivity index (χ2n) is 5.90. The van der Waals surface area contributed by atoms with Crippen LogP contribution in [0, 0.1) is 6.92 Å². The Kier molecular flexibility index (Phi) is 5.58. The lowest BCUT2D eigenvalue weighted by Gasteiger charge is -2.09. The number of anilines is 1. The molecule has 0 atom stereocenters. The molecule has 1 N–H and O–H groups in total. The molecule has 0 saturated heterocycles. The predicted molar refractivity (Wildman–Crippen MR) is 115 cm³/mol. The van der Waals surface area contributed by atoms with E-state index in [4.69, 9.17) is 0 Å². The average Bonchev–Trinajstić information content (AvgIpc) is 3.02. The van der Waals surface area contributed by atoms with Crippen molar-refractivity contribution in [2.75, 3.05) is 4.72 Å². The molecule has 0 aliphatic carbocycles. The number of sulfonamides is 1. The van der Waals surface area contributed by atoms with Crippen LogP contribution >= 0.6 is 11.3 Å². The zero-order valence-corrected chi connectivity index (χ0v) is 16.8. The van der Waals surface area contributed by atoms with Gasteiger partial charge in [0.15, 0.2) is 0 Å². The Labute approximate surface area is 163 Å². The van der Waals surface area contributed by atoms with E-state index < -0.39 is 10.0 Å². The number of allylic oxidation sites excluding steroid dienone is 5. The van der Waals surface area contributed by atoms with Crippen molar-refractivity contribution in [3.8, 4) is 0 Å². The predicted octanol–water partition coefficient (Wildman–Crippen LogP) is 5.55. The van der Waals surface area contributed by atoms with Gasteiger partial charge in [-0.2, -0.15) is 0 Å². The normalized spacial score (nSPS) is 12.6. The summed E-state index contributed by atoms with van der Waals surface area (Å²) in [6, 6.07) is 12.1. The van der Waals surface area contributed by atoms with Crippen LogP contribution in [0.15, 0.2) is 78.2 Å². The molecule has 0 aliphatic rings. The molecule has 0 unspecified atom stereocenters. The first-order chi connectivity index (χ1) is 12.9. The molecule has 0 aliphatic heterocycles. The minimum atomic E-state index is -3.67. The van der Waals surface area contributed by atoms with Crippen LogP contribution in [0.5, 0.6) is 0 Å². The molecule has 3 rings (SSSR count). The van der Waals surface area contributed by atoms with E-state index in [1.54, 1.807) is 53.8 Å². The van der Waals surface area contributed by atoms with Crippen LogP contribution in [0.2, 0.25) is 0 Å². The summed E-state index contributed by atoms with van der Waals surface area (Å²) in [6.45, 7) is 7.67. The van der Waals surface area contributed by atoms with Gasteiger partial charge >= 0.3 is 0 Å². The van der Waals surface area contributed by atoms with Gasteiger partial charge in [0, 0.05) is 0 Å². The molecule has 4 nitrogen and oxygen atoms in total. The van der Waals surface area contributed by atoms with E-state index in [-0.39, 0.29) is 4.90 Å². The molecule has 3 aromatic rings. The fourth-order valence-corrected chi connectivity index (χ4v) is 4.49. The van der Waals surface area contributed by atoms with Gasteiger partial charge in [-0.25, -0.2) is 13.4 Å². The number of rotatable bonds is 6. The lowest BCUT2D eigenvalue weighted by atomic mass is 10.1. The van der Waals surface area contributed by atoms with Crippen molar-refractivity contribution in [2.24, 2.45) is 0 Å². The molecule has 0 amide bonds. The van der Waals surface area contributed by atoms with Crippen LogP contribution in [0.1, 0.15) is 17.5 Å². The van der Waals surface area contributed by atoms with E-state index in [0.717, 1.165) is 26.4 Å². The highest BCUT2D eigenvalue weighted by Crippen LogP contribution is 2.26. The van der Waals surface area contributed by atoms with Crippen molar-refractivity contribution in [3.05, 3.63) is 83.9 Å². The molecular weight excluding hydrogens is 376 g/mol. The van der Waals surface area contributed by atoms with E-state index in [1.807, 2.05) is 38.1 Å². The first-order valence-corrected chi connectivity index (χ1v) is 10.7. The summed E-state index contributed by atoms with van der Waals surface area (Å²) >= 11 is 1.58. The van der Waals surface area contributed by atoms with E-state index in [0.29, 0.717) is 5.69 Å². The number of hydrogen-bond donors (Lipinski definition) is 1. The van der Waals surface area contributed by atoms with Crippen LogP contribution in [-0.2, 0) is 10.0 Å². The van der Waals surface area contributed by atoms with Crippen molar-refractivity contribution in [1.82, 2.24) is 4.98 Å². The maximum absolute atomic E-state index is 12.7. The van der Waals surface area contributed by atoms with E-state index in [9.17, 15) is 8.42 Å². The Hall–Kier alpha value is -2.70. The van der Waals surface area contributed by atoms with Crippen LogP contribution in [0.4, 0.5) is 5.69 Å². The van der Waals surface area contributed by atoms with Crippen molar-refractivity contribution in [3.63, 3.8) is 0 Å². The maximum Gasteiger partial charge on any atom is 0.261 e. The monoisotopic (exact) mass is 396 g/mol. The van der Waals surface area contributed by atoms with Gasteiger partial charge in [0.25, 0.3) is 10.0 Å². The maximum atomic E-state index is 12.7. The summed E-state index contributed by atoms with van der Waals surface area (Å²) in [5.41, 5.74) is 3.12. The topological polar surface area (TPSA) is 59.1 Å². The van der Waals surface area contributed by atoms with Gasteiger partial charge in [-0.05, 0) is 55.3 Å². The van der Waals surface area contributed by atoms with Gasteiger partial charge in [-0.15, -0.1) is 11.3 Å². The Bertz CT molecular complexity index is 1140. The molecule has 0 radical (unpaired) electrons. The zero-order valence-electron chi connectivity index (χ0n) is 15.1. The number of benzene rings is 2. The lowest BCUT2D eigenvalue weighted by Crippen LogP contribution is -2.12. The number of fused-ring (bicyclic) bond motifs is 1. The van der Waals surface area contributed by atoms with Crippen LogP contribution in [0.25, 0.3) is 15.8 Å². The molecule has 0 bridgehead atoms. The zero-order chi connectivity index (χ0) is 19.4. The first kappa shape index (κ1) is 19.1. The summed E-state index contributed by atoms with van der Waals surface area (Å²) < 4.78 is 29.0. The van der Waals surface area contributed by atoms with Crippen molar-refractivity contribution in [1.29, 1.82) is 0 Å². The van der Waals surface area contributed by atoms with Gasteiger partial charge in [0.05, 0.1) is 25.8 Å². The molecule has 0 spiro atoms. The number of nitrogens with zero attached hydrogens (tertiary/aromatic N) is 1. The van der Waals surface area contributed by atoms with Gasteiger partial charge < -0.3 is 0 Å². The van der Waals surface area contributed by atoms with Crippen molar-refractivity contribution >= 4 is 42.8 Å². The second kappa shape index (κ2) is 7.90. The fourth-order valence-electron chi connectivity index (χ4n) is 2.63. The minimum Gasteiger partial charge on any atom is -0.280 e. The fraction of sp³-hybridized carbons (Fsp3) is 0.0952. The molecule has 2 aromatic carbocycles. The molecule has 6 heteroatoms. The highest BCUT2D eigenvalue weighted by atomic mass is 32.2. The third kappa shape index (κ3) is 4.35. The first-order valence-electron chi connectivity index (χ1n) is 8.39. The Balaban J connectivity index is 1.86. The summed E-state index contributed by atoms with van der Waals surface area (Å²) in [5.74, 6) is 0. The van der Waals surface area contributed by atoms with Gasteiger partial charge in [-0.3, -0.25) is 4.72 Å². The SMILES string of the molecule is C=C/C(=C\C=C/C)c1ccc(S(=O)(=O)Nc2ccc3sc(C)nc3c2)cc1. The number of aromatic nitrogens is 1. The number of hydrogen-bond acceptors (Lipinski definition) is 4. The molecule has 27 heavy (non-hydrogen) atoms. The minimum absolute atomic E-state index is 0.204. The summed E-state index contributed by atoms with van der Waals surface area (Å²) in [4.78, 5) is 4.61. The molecule has 0 fully saturated rings. The molecule has 1 aromatic heterocycles. The average molecular weight is 397 g/mol. The van der Waals surface area contributed by atoms with Crippen molar-refractivity contribution < 1.29 is 8.42 Å². The lowest BCUT2D eigenvalue weighted by molar-refractivity contribution is 0.601. The third-order valence-electron chi connectivity index (χ3n) is 3.93. The Morgan fingerprint density at radius 1 is 1.19 bits per heavy atom. The number of nitrogens with one attached hydrogen (secondary N) is 1. The largest absolute Gasteiger partial charge is 0.280 e. The van der Waals surface area contributed by atoms with E-state index in [2.05, 4.69) is 16.3 Å². The molecule has 0 saturated carbocycles. The van der Waals surface area contributed by atoms with Gasteiger partial charge in [0.1, 0.15) is 0 Å². The molecule has 138 valence electrons. The number of thiazole rings is 1. The molecular formula is C21H20N2O2S2. The highest BCUT2D eigenvalue weighted by Gasteiger charge is 2.15. The van der Waals surface area contributed by atoms with E-state index >= 15 is 0 Å². The highest BCUT2D eigenvalue weighted by molar-refractivity contribution is 7.92.